The number of rotatable bonds is 5. The van der Waals surface area contributed by atoms with Gasteiger partial charge in [0.05, 0.1) is 12.8 Å². The third kappa shape index (κ3) is 5.14. The Kier molecular flexibility index (Phi) is 5.94. The maximum atomic E-state index is 12.0. The van der Waals surface area contributed by atoms with Gasteiger partial charge in [0.15, 0.2) is 0 Å². The fraction of sp³-hybridized carbons (Fsp3) is 0.615. The highest BCUT2D eigenvalue weighted by atomic mass is 32.2. The molecule has 1 aliphatic rings. The summed E-state index contributed by atoms with van der Waals surface area (Å²) >= 11 is 0. The lowest BCUT2D eigenvalue weighted by Crippen LogP contribution is -2.45. The predicted octanol–water partition coefficient (Wildman–Crippen LogP) is -0.0643. The first-order chi connectivity index (χ1) is 9.65. The van der Waals surface area contributed by atoms with Gasteiger partial charge in [0.25, 0.3) is 0 Å². The standard InChI is InChI=1S/C13H24N4O3S/c1-6-12(14-10(2)18)15-13-8-7-11(16(3)4)9-17(13)21(5,19)20/h6,8,10-11,18H,1,7,9H2,2-5H3,(H,14,15)/t10?,11-/m1/s1. The van der Waals surface area contributed by atoms with Gasteiger partial charge in [0.1, 0.15) is 17.9 Å². The summed E-state index contributed by atoms with van der Waals surface area (Å²) in [4.78, 5) is 6.24. The Balaban J connectivity index is 3.12. The van der Waals surface area contributed by atoms with Gasteiger partial charge < -0.3 is 15.3 Å². The zero-order valence-corrected chi connectivity index (χ0v) is 13.8. The molecule has 0 amide bonds. The molecule has 2 N–H and O–H groups in total. The van der Waals surface area contributed by atoms with Crippen LogP contribution in [0, 0.1) is 0 Å². The molecule has 1 unspecified atom stereocenters. The van der Waals surface area contributed by atoms with Gasteiger partial charge in [-0.2, -0.15) is 0 Å². The summed E-state index contributed by atoms with van der Waals surface area (Å²) in [6.45, 7) is 5.50. The molecule has 2 atom stereocenters. The molecular weight excluding hydrogens is 292 g/mol. The van der Waals surface area contributed by atoms with E-state index >= 15 is 0 Å². The normalized spacial score (nSPS) is 22.0. The van der Waals surface area contributed by atoms with Crippen LogP contribution in [0.2, 0.25) is 0 Å². The monoisotopic (exact) mass is 316 g/mol. The van der Waals surface area contributed by atoms with E-state index in [1.54, 1.807) is 13.0 Å². The average Bonchev–Trinajstić information content (AvgIpc) is 2.36. The van der Waals surface area contributed by atoms with Crippen molar-refractivity contribution in [2.75, 3.05) is 26.9 Å². The van der Waals surface area contributed by atoms with Crippen LogP contribution in [0.3, 0.4) is 0 Å². The van der Waals surface area contributed by atoms with E-state index in [2.05, 4.69) is 16.9 Å². The molecular formula is C13H24N4O3S. The van der Waals surface area contributed by atoms with Gasteiger partial charge in [-0.25, -0.2) is 13.4 Å². The third-order valence-corrected chi connectivity index (χ3v) is 4.26. The molecule has 0 aromatic carbocycles. The molecule has 7 nitrogen and oxygen atoms in total. The van der Waals surface area contributed by atoms with Crippen molar-refractivity contribution in [3.8, 4) is 0 Å². The fourth-order valence-electron chi connectivity index (χ4n) is 1.96. The van der Waals surface area contributed by atoms with E-state index in [0.717, 1.165) is 6.26 Å². The summed E-state index contributed by atoms with van der Waals surface area (Å²) in [7, 11) is 0.411. The molecule has 1 aliphatic heterocycles. The zero-order chi connectivity index (χ0) is 16.2. The minimum Gasteiger partial charge on any atom is -0.374 e. The third-order valence-electron chi connectivity index (χ3n) is 3.12. The Morgan fingerprint density at radius 1 is 1.67 bits per heavy atom. The smallest absolute Gasteiger partial charge is 0.233 e. The molecule has 21 heavy (non-hydrogen) atoms. The van der Waals surface area contributed by atoms with Crippen molar-refractivity contribution in [2.45, 2.75) is 25.6 Å². The van der Waals surface area contributed by atoms with Crippen LogP contribution < -0.4 is 5.32 Å². The van der Waals surface area contributed by atoms with Crippen LogP contribution in [0.25, 0.3) is 0 Å². The lowest BCUT2D eigenvalue weighted by molar-refractivity contribution is 0.180. The Hall–Kier alpha value is -1.38. The number of nitrogens with one attached hydrogen (secondary N) is 1. The van der Waals surface area contributed by atoms with E-state index in [4.69, 9.17) is 0 Å². The number of amidine groups is 1. The number of aliphatic imine (C=N–C) groups is 1. The summed E-state index contributed by atoms with van der Waals surface area (Å²) in [6.07, 6.45) is 4.28. The highest BCUT2D eigenvalue weighted by molar-refractivity contribution is 7.88. The fourth-order valence-corrected chi connectivity index (χ4v) is 2.86. The second kappa shape index (κ2) is 7.06. The first-order valence-electron chi connectivity index (χ1n) is 6.65. The highest BCUT2D eigenvalue weighted by Crippen LogP contribution is 2.21. The van der Waals surface area contributed by atoms with Crippen molar-refractivity contribution in [1.82, 2.24) is 14.5 Å². The van der Waals surface area contributed by atoms with Crippen LogP contribution >= 0.6 is 0 Å². The van der Waals surface area contributed by atoms with Crippen LogP contribution in [0.4, 0.5) is 0 Å². The van der Waals surface area contributed by atoms with Gasteiger partial charge in [-0.05, 0) is 39.6 Å². The quantitative estimate of drug-likeness (QED) is 0.421. The first kappa shape index (κ1) is 17.7. The number of likely N-dealkylation sites (N-methyl/N-ethyl adjacent to an activating group) is 1. The second-order valence-electron chi connectivity index (χ2n) is 5.23. The maximum Gasteiger partial charge on any atom is 0.233 e. The van der Waals surface area contributed by atoms with Crippen LogP contribution in [0.15, 0.2) is 29.5 Å². The van der Waals surface area contributed by atoms with Gasteiger partial charge in [-0.1, -0.05) is 6.58 Å². The minimum absolute atomic E-state index is 0.107. The van der Waals surface area contributed by atoms with E-state index in [1.165, 1.54) is 10.4 Å². The Bertz CT molecular complexity index is 538. The van der Waals surface area contributed by atoms with Crippen molar-refractivity contribution in [3.05, 3.63) is 24.6 Å². The van der Waals surface area contributed by atoms with Crippen molar-refractivity contribution in [1.29, 1.82) is 0 Å². The minimum atomic E-state index is -3.42. The van der Waals surface area contributed by atoms with E-state index in [9.17, 15) is 13.5 Å². The molecule has 0 saturated carbocycles. The number of hydrogen-bond acceptors (Lipinski definition) is 5. The first-order valence-corrected chi connectivity index (χ1v) is 8.50. The van der Waals surface area contributed by atoms with E-state index in [0.29, 0.717) is 24.6 Å². The molecule has 0 aliphatic carbocycles. The van der Waals surface area contributed by atoms with Crippen LogP contribution in [0.1, 0.15) is 13.3 Å². The lowest BCUT2D eigenvalue weighted by Gasteiger charge is -2.34. The molecule has 0 aromatic rings. The Labute approximate surface area is 126 Å². The van der Waals surface area contributed by atoms with Crippen LogP contribution in [0.5, 0.6) is 0 Å². The Morgan fingerprint density at radius 2 is 2.29 bits per heavy atom. The van der Waals surface area contributed by atoms with Gasteiger partial charge >= 0.3 is 0 Å². The molecule has 0 aromatic heterocycles. The molecule has 120 valence electrons. The molecule has 0 radical (unpaired) electrons. The van der Waals surface area contributed by atoms with Gasteiger partial charge in [0.2, 0.25) is 10.0 Å². The molecule has 0 spiro atoms. The summed E-state index contributed by atoms with van der Waals surface area (Å²) in [5.41, 5.74) is 0. The number of sulfonamides is 1. The molecule has 0 saturated heterocycles. The molecule has 0 fully saturated rings. The molecule has 1 rings (SSSR count). The van der Waals surface area contributed by atoms with Crippen molar-refractivity contribution < 1.29 is 13.5 Å². The zero-order valence-electron chi connectivity index (χ0n) is 12.9. The van der Waals surface area contributed by atoms with Crippen molar-refractivity contribution in [2.24, 2.45) is 4.99 Å². The van der Waals surface area contributed by atoms with Crippen LogP contribution in [-0.4, -0.2) is 67.7 Å². The van der Waals surface area contributed by atoms with E-state index < -0.39 is 16.3 Å². The summed E-state index contributed by atoms with van der Waals surface area (Å²) in [5.74, 6) is 0.673. The molecule has 8 heteroatoms. The largest absolute Gasteiger partial charge is 0.374 e. The topological polar surface area (TPSA) is 85.2 Å². The summed E-state index contributed by atoms with van der Waals surface area (Å²) < 4.78 is 25.2. The number of hydrogen-bond donors (Lipinski definition) is 2. The van der Waals surface area contributed by atoms with E-state index in [-0.39, 0.29) is 6.04 Å². The SMILES string of the molecule is C=C/C(=N\C1=CC[C@@H](N(C)C)CN1S(C)(=O)=O)NC(C)O. The van der Waals surface area contributed by atoms with E-state index in [1.807, 2.05) is 19.0 Å². The van der Waals surface area contributed by atoms with Crippen molar-refractivity contribution >= 4 is 15.9 Å². The number of aliphatic hydroxyl groups excluding tert-OH is 1. The number of aliphatic hydroxyl groups is 1. The molecule has 1 heterocycles. The summed E-state index contributed by atoms with van der Waals surface area (Å²) in [6, 6.07) is 0.107. The van der Waals surface area contributed by atoms with Gasteiger partial charge in [-0.3, -0.25) is 4.31 Å². The second-order valence-corrected chi connectivity index (χ2v) is 7.14. The van der Waals surface area contributed by atoms with Crippen molar-refractivity contribution in [3.63, 3.8) is 0 Å². The average molecular weight is 316 g/mol. The predicted molar refractivity (Wildman–Crippen MR) is 84.2 cm³/mol. The van der Waals surface area contributed by atoms with Gasteiger partial charge in [0, 0.05) is 6.04 Å². The molecule has 0 bridgehead atoms. The summed E-state index contributed by atoms with van der Waals surface area (Å²) in [5, 5.41) is 12.0. The number of nitrogens with zero attached hydrogens (tertiary/aromatic N) is 3. The van der Waals surface area contributed by atoms with Crippen LogP contribution in [-0.2, 0) is 10.0 Å². The lowest BCUT2D eigenvalue weighted by atomic mass is 10.1. The van der Waals surface area contributed by atoms with Gasteiger partial charge in [-0.15, -0.1) is 0 Å². The highest BCUT2D eigenvalue weighted by Gasteiger charge is 2.28. The maximum absolute atomic E-state index is 12.0. The Morgan fingerprint density at radius 3 is 2.71 bits per heavy atom.